The lowest BCUT2D eigenvalue weighted by atomic mass is 9.84. The van der Waals surface area contributed by atoms with E-state index in [1.54, 1.807) is 7.11 Å². The molecule has 2 rings (SSSR count). The SMILES string of the molecule is COc1cccc(C(C)(C)CNC(=O)C2CNC2)c1. The zero-order chi connectivity index (χ0) is 13.9. The average Bonchev–Trinajstić information content (AvgIpc) is 2.34. The summed E-state index contributed by atoms with van der Waals surface area (Å²) in [6.45, 7) is 6.48. The van der Waals surface area contributed by atoms with Gasteiger partial charge in [0.15, 0.2) is 0 Å². The fourth-order valence-corrected chi connectivity index (χ4v) is 2.07. The van der Waals surface area contributed by atoms with Crippen LogP contribution in [-0.2, 0) is 10.2 Å². The molecule has 104 valence electrons. The minimum atomic E-state index is -0.110. The second-order valence-corrected chi connectivity index (χ2v) is 5.69. The van der Waals surface area contributed by atoms with Crippen molar-refractivity contribution in [2.24, 2.45) is 5.92 Å². The number of hydrogen-bond donors (Lipinski definition) is 2. The van der Waals surface area contributed by atoms with Crippen molar-refractivity contribution in [2.45, 2.75) is 19.3 Å². The Labute approximate surface area is 114 Å². The highest BCUT2D eigenvalue weighted by molar-refractivity contribution is 5.80. The molecule has 0 aliphatic carbocycles. The van der Waals surface area contributed by atoms with E-state index < -0.39 is 0 Å². The lowest BCUT2D eigenvalue weighted by molar-refractivity contribution is -0.126. The molecular formula is C15H22N2O2. The van der Waals surface area contributed by atoms with Crippen LogP contribution in [0.4, 0.5) is 0 Å². The standard InChI is InChI=1S/C15H22N2O2/c1-15(2,10-17-14(18)11-8-16-9-11)12-5-4-6-13(7-12)19-3/h4-7,11,16H,8-10H2,1-3H3,(H,17,18). The number of carbonyl (C=O) groups excluding carboxylic acids is 1. The predicted molar refractivity (Wildman–Crippen MR) is 75.4 cm³/mol. The van der Waals surface area contributed by atoms with Gasteiger partial charge in [-0.05, 0) is 17.7 Å². The molecule has 0 radical (unpaired) electrons. The van der Waals surface area contributed by atoms with Crippen molar-refractivity contribution in [1.82, 2.24) is 10.6 Å². The van der Waals surface area contributed by atoms with Crippen molar-refractivity contribution in [3.8, 4) is 5.75 Å². The number of hydrogen-bond acceptors (Lipinski definition) is 3. The number of nitrogens with one attached hydrogen (secondary N) is 2. The van der Waals surface area contributed by atoms with Gasteiger partial charge in [0.2, 0.25) is 5.91 Å². The molecular weight excluding hydrogens is 240 g/mol. The molecule has 1 amide bonds. The fourth-order valence-electron chi connectivity index (χ4n) is 2.07. The molecule has 1 fully saturated rings. The van der Waals surface area contributed by atoms with Crippen molar-refractivity contribution in [2.75, 3.05) is 26.7 Å². The van der Waals surface area contributed by atoms with E-state index >= 15 is 0 Å². The fraction of sp³-hybridized carbons (Fsp3) is 0.533. The Morgan fingerprint density at radius 2 is 2.21 bits per heavy atom. The van der Waals surface area contributed by atoms with E-state index in [1.807, 2.05) is 18.2 Å². The molecule has 1 aliphatic heterocycles. The average molecular weight is 262 g/mol. The quantitative estimate of drug-likeness (QED) is 0.841. The summed E-state index contributed by atoms with van der Waals surface area (Å²) in [5.74, 6) is 1.14. The molecule has 1 heterocycles. The normalized spacial score (nSPS) is 15.7. The second-order valence-electron chi connectivity index (χ2n) is 5.69. The molecule has 4 heteroatoms. The first-order chi connectivity index (χ1) is 9.03. The van der Waals surface area contributed by atoms with Crippen LogP contribution in [0.15, 0.2) is 24.3 Å². The van der Waals surface area contributed by atoms with Gasteiger partial charge in [-0.25, -0.2) is 0 Å². The van der Waals surface area contributed by atoms with Crippen LogP contribution in [0.25, 0.3) is 0 Å². The predicted octanol–water partition coefficient (Wildman–Crippen LogP) is 1.31. The Kier molecular flexibility index (Phi) is 4.10. The summed E-state index contributed by atoms with van der Waals surface area (Å²) in [5, 5.41) is 6.15. The third kappa shape index (κ3) is 3.26. The first kappa shape index (κ1) is 13.9. The van der Waals surface area contributed by atoms with Gasteiger partial charge in [-0.3, -0.25) is 4.79 Å². The van der Waals surface area contributed by atoms with Crippen molar-refractivity contribution in [1.29, 1.82) is 0 Å². The maximum atomic E-state index is 11.9. The van der Waals surface area contributed by atoms with Gasteiger partial charge in [0.1, 0.15) is 5.75 Å². The Bertz CT molecular complexity index is 453. The third-order valence-electron chi connectivity index (χ3n) is 3.71. The van der Waals surface area contributed by atoms with E-state index in [2.05, 4.69) is 30.5 Å². The maximum absolute atomic E-state index is 11.9. The van der Waals surface area contributed by atoms with Crippen molar-refractivity contribution >= 4 is 5.91 Å². The Morgan fingerprint density at radius 1 is 1.47 bits per heavy atom. The zero-order valence-corrected chi connectivity index (χ0v) is 11.8. The lowest BCUT2D eigenvalue weighted by Crippen LogP contribution is -2.52. The number of ether oxygens (including phenoxy) is 1. The number of rotatable bonds is 5. The molecule has 0 bridgehead atoms. The summed E-state index contributed by atoms with van der Waals surface area (Å²) in [4.78, 5) is 11.9. The number of amides is 1. The van der Waals surface area contributed by atoms with Crippen LogP contribution in [0.5, 0.6) is 5.75 Å². The Balaban J connectivity index is 1.98. The van der Waals surface area contributed by atoms with E-state index in [9.17, 15) is 4.79 Å². The highest BCUT2D eigenvalue weighted by Gasteiger charge is 2.27. The Morgan fingerprint density at radius 3 is 2.79 bits per heavy atom. The first-order valence-corrected chi connectivity index (χ1v) is 6.66. The number of carbonyl (C=O) groups is 1. The first-order valence-electron chi connectivity index (χ1n) is 6.66. The summed E-state index contributed by atoms with van der Waals surface area (Å²) in [6.07, 6.45) is 0. The summed E-state index contributed by atoms with van der Waals surface area (Å²) in [5.41, 5.74) is 1.06. The highest BCUT2D eigenvalue weighted by atomic mass is 16.5. The minimum Gasteiger partial charge on any atom is -0.497 e. The van der Waals surface area contributed by atoms with Gasteiger partial charge in [0.05, 0.1) is 13.0 Å². The molecule has 19 heavy (non-hydrogen) atoms. The van der Waals surface area contributed by atoms with Crippen LogP contribution in [0.2, 0.25) is 0 Å². The molecule has 0 aromatic heterocycles. The van der Waals surface area contributed by atoms with E-state index in [-0.39, 0.29) is 17.2 Å². The summed E-state index contributed by atoms with van der Waals surface area (Å²) < 4.78 is 5.24. The van der Waals surface area contributed by atoms with Gasteiger partial charge in [-0.1, -0.05) is 26.0 Å². The van der Waals surface area contributed by atoms with Crippen LogP contribution < -0.4 is 15.4 Å². The lowest BCUT2D eigenvalue weighted by Gasteiger charge is -2.30. The zero-order valence-electron chi connectivity index (χ0n) is 11.8. The monoisotopic (exact) mass is 262 g/mol. The van der Waals surface area contributed by atoms with E-state index in [1.165, 1.54) is 5.56 Å². The van der Waals surface area contributed by atoms with Crippen LogP contribution >= 0.6 is 0 Å². The largest absolute Gasteiger partial charge is 0.497 e. The molecule has 0 unspecified atom stereocenters. The third-order valence-corrected chi connectivity index (χ3v) is 3.71. The van der Waals surface area contributed by atoms with Crippen molar-refractivity contribution < 1.29 is 9.53 Å². The second kappa shape index (κ2) is 5.61. The molecule has 2 N–H and O–H groups in total. The topological polar surface area (TPSA) is 50.4 Å². The van der Waals surface area contributed by atoms with Crippen molar-refractivity contribution in [3.05, 3.63) is 29.8 Å². The molecule has 1 saturated heterocycles. The molecule has 1 aliphatic rings. The van der Waals surface area contributed by atoms with E-state index in [4.69, 9.17) is 4.74 Å². The minimum absolute atomic E-state index is 0.110. The van der Waals surface area contributed by atoms with E-state index in [0.29, 0.717) is 6.54 Å². The van der Waals surface area contributed by atoms with Crippen LogP contribution in [0.1, 0.15) is 19.4 Å². The number of methoxy groups -OCH3 is 1. The summed E-state index contributed by atoms with van der Waals surface area (Å²) in [7, 11) is 1.66. The van der Waals surface area contributed by atoms with Crippen LogP contribution in [0, 0.1) is 5.92 Å². The molecule has 1 aromatic carbocycles. The molecule has 0 saturated carbocycles. The Hall–Kier alpha value is -1.55. The highest BCUT2D eigenvalue weighted by Crippen LogP contribution is 2.25. The van der Waals surface area contributed by atoms with E-state index in [0.717, 1.165) is 18.8 Å². The summed E-state index contributed by atoms with van der Waals surface area (Å²) in [6, 6.07) is 8.00. The van der Waals surface area contributed by atoms with Crippen molar-refractivity contribution in [3.63, 3.8) is 0 Å². The van der Waals surface area contributed by atoms with Gasteiger partial charge in [0.25, 0.3) is 0 Å². The summed E-state index contributed by atoms with van der Waals surface area (Å²) >= 11 is 0. The molecule has 0 atom stereocenters. The smallest absolute Gasteiger partial charge is 0.225 e. The van der Waals surface area contributed by atoms with Gasteiger partial charge >= 0.3 is 0 Å². The molecule has 0 spiro atoms. The number of benzene rings is 1. The van der Waals surface area contributed by atoms with Crippen LogP contribution in [-0.4, -0.2) is 32.7 Å². The molecule has 1 aromatic rings. The molecule has 4 nitrogen and oxygen atoms in total. The van der Waals surface area contributed by atoms with Gasteiger partial charge in [0, 0.05) is 25.0 Å². The van der Waals surface area contributed by atoms with Gasteiger partial charge in [-0.15, -0.1) is 0 Å². The van der Waals surface area contributed by atoms with Crippen LogP contribution in [0.3, 0.4) is 0 Å². The van der Waals surface area contributed by atoms with Gasteiger partial charge in [-0.2, -0.15) is 0 Å². The van der Waals surface area contributed by atoms with Gasteiger partial charge < -0.3 is 15.4 Å². The maximum Gasteiger partial charge on any atom is 0.225 e.